The average Bonchev–Trinajstić information content (AvgIpc) is 2.70. The van der Waals surface area contributed by atoms with Crippen molar-refractivity contribution in [1.82, 2.24) is 4.40 Å². The van der Waals surface area contributed by atoms with Crippen LogP contribution in [0.1, 0.15) is 23.7 Å². The Labute approximate surface area is 109 Å². The second kappa shape index (κ2) is 3.99. The van der Waals surface area contributed by atoms with Gasteiger partial charge in [-0.25, -0.2) is 4.79 Å². The zero-order valence-electron chi connectivity index (χ0n) is 10.7. The summed E-state index contributed by atoms with van der Waals surface area (Å²) in [6.45, 7) is 4.00. The number of aryl methyl sites for hydroxylation is 2. The van der Waals surface area contributed by atoms with Gasteiger partial charge in [0.15, 0.2) is 5.58 Å². The molecule has 0 aromatic carbocycles. The fraction of sp³-hybridized carbons (Fsp3) is 0.200. The third kappa shape index (κ3) is 1.55. The molecule has 0 aliphatic heterocycles. The van der Waals surface area contributed by atoms with Gasteiger partial charge in [0.2, 0.25) is 0 Å². The van der Waals surface area contributed by atoms with E-state index in [9.17, 15) is 4.79 Å². The van der Waals surface area contributed by atoms with Gasteiger partial charge in [-0.05, 0) is 31.0 Å². The van der Waals surface area contributed by atoms with E-state index < -0.39 is 5.63 Å². The smallest absolute Gasteiger partial charge is 0.354 e. The van der Waals surface area contributed by atoms with Crippen molar-refractivity contribution in [3.05, 3.63) is 51.6 Å². The van der Waals surface area contributed by atoms with Gasteiger partial charge in [0.25, 0.3) is 0 Å². The lowest BCUT2D eigenvalue weighted by Crippen LogP contribution is -2.02. The largest absolute Gasteiger partial charge is 0.420 e. The van der Waals surface area contributed by atoms with Crippen LogP contribution in [0.5, 0.6) is 0 Å². The van der Waals surface area contributed by atoms with Gasteiger partial charge < -0.3 is 8.82 Å². The highest BCUT2D eigenvalue weighted by Gasteiger charge is 2.13. The molecule has 3 aromatic rings. The molecule has 0 saturated heterocycles. The first-order chi connectivity index (χ1) is 9.15. The maximum Gasteiger partial charge on any atom is 0.354 e. The zero-order valence-corrected chi connectivity index (χ0v) is 10.7. The molecule has 0 spiro atoms. The molecular formula is C15H12N2O2. The van der Waals surface area contributed by atoms with Crippen molar-refractivity contribution >= 4 is 16.5 Å². The van der Waals surface area contributed by atoms with Gasteiger partial charge in [0, 0.05) is 11.6 Å². The van der Waals surface area contributed by atoms with Crippen molar-refractivity contribution in [1.29, 1.82) is 5.26 Å². The second-order valence-electron chi connectivity index (χ2n) is 4.53. The molecule has 0 atom stereocenters. The van der Waals surface area contributed by atoms with Crippen molar-refractivity contribution in [2.24, 2.45) is 0 Å². The van der Waals surface area contributed by atoms with Gasteiger partial charge in [0.1, 0.15) is 11.6 Å². The van der Waals surface area contributed by atoms with E-state index in [1.807, 2.05) is 35.7 Å². The molecule has 3 heterocycles. The first-order valence-electron chi connectivity index (χ1n) is 6.13. The van der Waals surface area contributed by atoms with Crippen molar-refractivity contribution in [3.63, 3.8) is 0 Å². The van der Waals surface area contributed by atoms with Crippen LogP contribution in [-0.4, -0.2) is 4.40 Å². The van der Waals surface area contributed by atoms with E-state index in [2.05, 4.69) is 6.92 Å². The quantitative estimate of drug-likeness (QED) is 0.669. The Morgan fingerprint density at radius 1 is 1.42 bits per heavy atom. The van der Waals surface area contributed by atoms with E-state index >= 15 is 0 Å². The molecular weight excluding hydrogens is 240 g/mol. The summed E-state index contributed by atoms with van der Waals surface area (Å²) in [6.07, 6.45) is 2.98. The summed E-state index contributed by atoms with van der Waals surface area (Å²) in [5.41, 5.74) is 3.05. The monoisotopic (exact) mass is 252 g/mol. The molecule has 0 fully saturated rings. The number of aromatic nitrogens is 1. The van der Waals surface area contributed by atoms with Crippen LogP contribution in [0.15, 0.2) is 33.6 Å². The summed E-state index contributed by atoms with van der Waals surface area (Å²) in [4.78, 5) is 11.6. The van der Waals surface area contributed by atoms with Crippen LogP contribution in [0, 0.1) is 18.3 Å². The summed E-state index contributed by atoms with van der Waals surface area (Å²) in [5, 5.41) is 9.72. The van der Waals surface area contributed by atoms with Crippen LogP contribution in [0.3, 0.4) is 0 Å². The highest BCUT2D eigenvalue weighted by atomic mass is 16.4. The van der Waals surface area contributed by atoms with Crippen LogP contribution in [0.25, 0.3) is 16.5 Å². The minimum Gasteiger partial charge on any atom is -0.420 e. The fourth-order valence-corrected chi connectivity index (χ4v) is 2.37. The molecule has 0 unspecified atom stereocenters. The zero-order chi connectivity index (χ0) is 13.6. The molecule has 0 aliphatic rings. The van der Waals surface area contributed by atoms with Crippen molar-refractivity contribution in [2.45, 2.75) is 20.3 Å². The van der Waals surface area contributed by atoms with Gasteiger partial charge in [-0.2, -0.15) is 5.26 Å². The van der Waals surface area contributed by atoms with Crippen LogP contribution < -0.4 is 5.63 Å². The molecule has 19 heavy (non-hydrogen) atoms. The Morgan fingerprint density at radius 3 is 2.89 bits per heavy atom. The average molecular weight is 252 g/mol. The summed E-state index contributed by atoms with van der Waals surface area (Å²) in [7, 11) is 0. The predicted molar refractivity (Wildman–Crippen MR) is 72.3 cm³/mol. The SMILES string of the molecule is CCc1ccc2c3cc(C#N)c(=O)oc3c(C)n2c1. The van der Waals surface area contributed by atoms with E-state index in [1.165, 1.54) is 5.56 Å². The Morgan fingerprint density at radius 2 is 2.21 bits per heavy atom. The Bertz CT molecular complexity index is 894. The van der Waals surface area contributed by atoms with Crippen molar-refractivity contribution in [3.8, 4) is 6.07 Å². The number of rotatable bonds is 1. The van der Waals surface area contributed by atoms with E-state index in [0.29, 0.717) is 5.58 Å². The standard InChI is InChI=1S/C15H12N2O2/c1-3-10-4-5-13-12-6-11(7-16)15(18)19-14(12)9(2)17(13)8-10/h4-6,8H,3H2,1-2H3. The fourth-order valence-electron chi connectivity index (χ4n) is 2.37. The maximum absolute atomic E-state index is 11.6. The first-order valence-corrected chi connectivity index (χ1v) is 6.13. The van der Waals surface area contributed by atoms with E-state index in [-0.39, 0.29) is 5.56 Å². The minimum absolute atomic E-state index is 0.0413. The first kappa shape index (κ1) is 11.5. The Balaban J connectivity index is 2.53. The minimum atomic E-state index is -0.579. The second-order valence-corrected chi connectivity index (χ2v) is 4.53. The molecule has 3 aromatic heterocycles. The third-order valence-corrected chi connectivity index (χ3v) is 3.45. The Hall–Kier alpha value is -2.54. The molecule has 0 amide bonds. The maximum atomic E-state index is 11.6. The van der Waals surface area contributed by atoms with E-state index in [0.717, 1.165) is 23.0 Å². The predicted octanol–water partition coefficient (Wildman–Crippen LogP) is 2.79. The lowest BCUT2D eigenvalue weighted by Gasteiger charge is -2.00. The van der Waals surface area contributed by atoms with Gasteiger partial charge in [-0.3, -0.25) is 0 Å². The van der Waals surface area contributed by atoms with Gasteiger partial charge in [-0.15, -0.1) is 0 Å². The van der Waals surface area contributed by atoms with Crippen molar-refractivity contribution in [2.75, 3.05) is 0 Å². The normalized spacial score (nSPS) is 11.0. The molecule has 0 N–H and O–H groups in total. The van der Waals surface area contributed by atoms with Crippen LogP contribution >= 0.6 is 0 Å². The highest BCUT2D eigenvalue weighted by Crippen LogP contribution is 2.26. The van der Waals surface area contributed by atoms with Gasteiger partial charge in [-0.1, -0.05) is 13.0 Å². The van der Waals surface area contributed by atoms with Gasteiger partial charge in [0.05, 0.1) is 11.2 Å². The molecule has 0 aliphatic carbocycles. The summed E-state index contributed by atoms with van der Waals surface area (Å²) in [5.74, 6) is 0. The molecule has 0 radical (unpaired) electrons. The number of hydrogen-bond acceptors (Lipinski definition) is 3. The molecule has 94 valence electrons. The summed E-state index contributed by atoms with van der Waals surface area (Å²) >= 11 is 0. The van der Waals surface area contributed by atoms with E-state index in [1.54, 1.807) is 6.07 Å². The number of pyridine rings is 1. The highest BCUT2D eigenvalue weighted by molar-refractivity contribution is 5.96. The molecule has 0 saturated carbocycles. The van der Waals surface area contributed by atoms with Gasteiger partial charge >= 0.3 is 5.63 Å². The lowest BCUT2D eigenvalue weighted by atomic mass is 10.2. The number of nitriles is 1. The Kier molecular flexibility index (Phi) is 2.42. The molecule has 4 heteroatoms. The topological polar surface area (TPSA) is 58.4 Å². The van der Waals surface area contributed by atoms with Crippen LogP contribution in [0.2, 0.25) is 0 Å². The summed E-state index contributed by atoms with van der Waals surface area (Å²) in [6, 6.07) is 7.52. The summed E-state index contributed by atoms with van der Waals surface area (Å²) < 4.78 is 7.28. The molecule has 4 nitrogen and oxygen atoms in total. The molecule has 3 rings (SSSR count). The van der Waals surface area contributed by atoms with Crippen molar-refractivity contribution < 1.29 is 4.42 Å². The van der Waals surface area contributed by atoms with Crippen LogP contribution in [-0.2, 0) is 6.42 Å². The molecule has 0 bridgehead atoms. The third-order valence-electron chi connectivity index (χ3n) is 3.45. The van der Waals surface area contributed by atoms with E-state index in [4.69, 9.17) is 9.68 Å². The number of hydrogen-bond donors (Lipinski definition) is 0. The number of nitrogens with zero attached hydrogens (tertiary/aromatic N) is 2. The number of fused-ring (bicyclic) bond motifs is 3. The van der Waals surface area contributed by atoms with Crippen LogP contribution in [0.4, 0.5) is 0 Å². The lowest BCUT2D eigenvalue weighted by molar-refractivity contribution is 0.556.